The van der Waals surface area contributed by atoms with Gasteiger partial charge in [0.2, 0.25) is 0 Å². The van der Waals surface area contributed by atoms with Crippen molar-refractivity contribution in [3.63, 3.8) is 0 Å². The van der Waals surface area contributed by atoms with E-state index in [4.69, 9.17) is 18.7 Å². The average molecular weight is 336 g/mol. The summed E-state index contributed by atoms with van der Waals surface area (Å²) in [4.78, 5) is 8.04. The van der Waals surface area contributed by atoms with Crippen molar-refractivity contribution in [1.29, 1.82) is 0 Å². The van der Waals surface area contributed by atoms with Crippen molar-refractivity contribution in [3.05, 3.63) is 4.85 Å². The molecule has 4 unspecified atom stereocenters. The van der Waals surface area contributed by atoms with Crippen LogP contribution in [0.2, 0.25) is 0 Å². The molecule has 0 spiro atoms. The molecule has 4 N–H and O–H groups in total. The first kappa shape index (κ1) is 22.6. The second-order valence-electron chi connectivity index (χ2n) is 6.39. The Bertz CT molecular complexity index is 397. The summed E-state index contributed by atoms with van der Waals surface area (Å²) in [5, 5.41) is 12.9. The van der Waals surface area contributed by atoms with Gasteiger partial charge >= 0.3 is 0 Å². The number of aliphatic hydroxyl groups excluding tert-OH is 1. The van der Waals surface area contributed by atoms with Crippen molar-refractivity contribution >= 4 is 6.72 Å². The molecule has 0 bridgehead atoms. The molecule has 0 aliphatic carbocycles. The van der Waals surface area contributed by atoms with Gasteiger partial charge < -0.3 is 16.2 Å². The maximum Gasteiger partial charge on any atom is 0.273 e. The number of unbranched alkanes of at least 4 members (excludes halogenated alkanes) is 1. The van der Waals surface area contributed by atoms with E-state index in [2.05, 4.69) is 27.8 Å². The fourth-order valence-electron chi connectivity index (χ4n) is 2.86. The highest BCUT2D eigenvalue weighted by atomic mass is 16.3. The smallest absolute Gasteiger partial charge is 0.273 e. The van der Waals surface area contributed by atoms with Gasteiger partial charge in [0, 0.05) is 19.3 Å². The molecule has 0 fully saturated rings. The molecule has 0 heterocycles. The van der Waals surface area contributed by atoms with Gasteiger partial charge in [0.05, 0.1) is 6.04 Å². The molecule has 0 saturated heterocycles. The molecule has 5 nitrogen and oxygen atoms in total. The van der Waals surface area contributed by atoms with Gasteiger partial charge in [-0.3, -0.25) is 4.99 Å². The second kappa shape index (κ2) is 15.1. The Kier molecular flexibility index (Phi) is 14.3. The third-order valence-corrected chi connectivity index (χ3v) is 4.53. The van der Waals surface area contributed by atoms with Crippen LogP contribution in [0.3, 0.4) is 0 Å². The summed E-state index contributed by atoms with van der Waals surface area (Å²) in [5.41, 5.74) is 5.73. The minimum absolute atomic E-state index is 0.0998. The zero-order chi connectivity index (χ0) is 18.2. The van der Waals surface area contributed by atoms with Crippen molar-refractivity contribution in [3.8, 4) is 18.9 Å². The van der Waals surface area contributed by atoms with Crippen molar-refractivity contribution in [2.45, 2.75) is 76.1 Å². The first-order chi connectivity index (χ1) is 11.6. The Balaban J connectivity index is 4.10. The van der Waals surface area contributed by atoms with Crippen LogP contribution in [0.4, 0.5) is 0 Å². The van der Waals surface area contributed by atoms with Crippen LogP contribution >= 0.6 is 0 Å². The maximum absolute atomic E-state index is 9.80. The molecular weight excluding hydrogens is 300 g/mol. The summed E-state index contributed by atoms with van der Waals surface area (Å²) in [6.07, 6.45) is 12.6. The van der Waals surface area contributed by atoms with Crippen LogP contribution in [-0.2, 0) is 0 Å². The predicted octanol–water partition coefficient (Wildman–Crippen LogP) is 2.64. The predicted molar refractivity (Wildman–Crippen MR) is 103 cm³/mol. The molecule has 0 saturated carbocycles. The number of aliphatic hydroxyl groups is 1. The average Bonchev–Trinajstić information content (AvgIpc) is 2.58. The number of rotatable bonds is 15. The Morgan fingerprint density at radius 3 is 2.46 bits per heavy atom. The number of nitrogens with zero attached hydrogens (tertiary/aromatic N) is 2. The quantitative estimate of drug-likeness (QED) is 0.186. The van der Waals surface area contributed by atoms with Gasteiger partial charge in [0.15, 0.2) is 0 Å². The molecule has 0 aromatic carbocycles. The highest BCUT2D eigenvalue weighted by Gasteiger charge is 2.19. The van der Waals surface area contributed by atoms with Gasteiger partial charge in [-0.15, -0.1) is 12.3 Å². The van der Waals surface area contributed by atoms with E-state index in [0.717, 1.165) is 57.9 Å². The van der Waals surface area contributed by atoms with Crippen LogP contribution in [0.5, 0.6) is 0 Å². The van der Waals surface area contributed by atoms with Crippen molar-refractivity contribution in [2.75, 3.05) is 13.6 Å². The van der Waals surface area contributed by atoms with Crippen LogP contribution in [0.15, 0.2) is 4.99 Å². The first-order valence-corrected chi connectivity index (χ1v) is 8.96. The molecule has 4 atom stereocenters. The van der Waals surface area contributed by atoms with Gasteiger partial charge in [-0.05, 0) is 58.3 Å². The minimum atomic E-state index is -0.781. The molecular formula is C19H35N4O+. The molecule has 136 valence electrons. The number of hydrogen-bond acceptors (Lipinski definition) is 4. The van der Waals surface area contributed by atoms with Gasteiger partial charge in [0.25, 0.3) is 12.6 Å². The number of terminal acetylenes is 1. The van der Waals surface area contributed by atoms with Crippen LogP contribution in [0.1, 0.15) is 57.8 Å². The summed E-state index contributed by atoms with van der Waals surface area (Å²) in [6.45, 7) is 9.99. The van der Waals surface area contributed by atoms with E-state index in [1.807, 2.05) is 7.05 Å². The monoisotopic (exact) mass is 335 g/mol. The van der Waals surface area contributed by atoms with Crippen molar-refractivity contribution in [2.24, 2.45) is 16.6 Å². The maximum atomic E-state index is 9.80. The normalized spacial score (nSPS) is 15.7. The summed E-state index contributed by atoms with van der Waals surface area (Å²) in [7, 11) is 1.93. The zero-order valence-electron chi connectivity index (χ0n) is 15.2. The van der Waals surface area contributed by atoms with Gasteiger partial charge in [0.1, 0.15) is 6.23 Å². The van der Waals surface area contributed by atoms with E-state index in [-0.39, 0.29) is 18.0 Å². The van der Waals surface area contributed by atoms with E-state index >= 15 is 0 Å². The second-order valence-corrected chi connectivity index (χ2v) is 6.39. The van der Waals surface area contributed by atoms with Crippen LogP contribution in [0, 0.1) is 24.8 Å². The molecule has 0 rings (SSSR count). The summed E-state index contributed by atoms with van der Waals surface area (Å²) < 4.78 is 0. The Labute approximate surface area is 147 Å². The zero-order valence-corrected chi connectivity index (χ0v) is 15.2. The molecule has 5 heteroatoms. The summed E-state index contributed by atoms with van der Waals surface area (Å²) in [5.74, 6) is 2.72. The van der Waals surface area contributed by atoms with Crippen molar-refractivity contribution < 1.29 is 5.11 Å². The van der Waals surface area contributed by atoms with Crippen LogP contribution < -0.4 is 11.1 Å². The van der Waals surface area contributed by atoms with E-state index in [0.29, 0.717) is 6.42 Å². The standard InChI is InChI=1S/C19H35N4O/c1-5-6-10-17(22-3)11-8-7-9-16(19(20)24)12-13-18(23-4)14-15-21-2/h1,3,16-19,21,24H,4,6-15,20H2,2H3/q+1. The van der Waals surface area contributed by atoms with E-state index in [1.54, 1.807) is 0 Å². The minimum Gasteiger partial charge on any atom is -0.379 e. The van der Waals surface area contributed by atoms with E-state index < -0.39 is 6.23 Å². The van der Waals surface area contributed by atoms with Gasteiger partial charge in [-0.2, -0.15) is 0 Å². The SMILES string of the molecule is C#CCCC(CCCCC(CCC(CCNC)N=C)C(N)O)[N+]#C. The Hall–Kier alpha value is -1.40. The first-order valence-electron chi connectivity index (χ1n) is 8.96. The lowest BCUT2D eigenvalue weighted by Crippen LogP contribution is -2.30. The number of aliphatic imine (C=N–C) groups is 1. The number of nitrogens with one attached hydrogen (secondary N) is 1. The number of nitrogens with two attached hydrogens (primary N) is 1. The molecule has 0 aromatic rings. The van der Waals surface area contributed by atoms with Crippen molar-refractivity contribution in [1.82, 2.24) is 5.32 Å². The summed E-state index contributed by atoms with van der Waals surface area (Å²) >= 11 is 0. The fourth-order valence-corrected chi connectivity index (χ4v) is 2.86. The van der Waals surface area contributed by atoms with Crippen LogP contribution in [-0.4, -0.2) is 43.7 Å². The Morgan fingerprint density at radius 1 is 1.21 bits per heavy atom. The van der Waals surface area contributed by atoms with Gasteiger partial charge in [-0.1, -0.05) is 11.3 Å². The molecule has 0 aliphatic rings. The lowest BCUT2D eigenvalue weighted by molar-refractivity contribution is 0.0988. The van der Waals surface area contributed by atoms with Gasteiger partial charge in [-0.25, -0.2) is 0 Å². The third-order valence-electron chi connectivity index (χ3n) is 4.53. The highest BCUT2D eigenvalue weighted by Crippen LogP contribution is 2.21. The lowest BCUT2D eigenvalue weighted by atomic mass is 9.91. The lowest BCUT2D eigenvalue weighted by Gasteiger charge is -2.21. The molecule has 0 aliphatic heterocycles. The fraction of sp³-hybridized carbons (Fsp3) is 0.789. The topological polar surface area (TPSA) is 75.0 Å². The molecule has 0 aromatic heterocycles. The number of hydrogen-bond donors (Lipinski definition) is 3. The molecule has 24 heavy (non-hydrogen) atoms. The molecule has 0 radical (unpaired) electrons. The largest absolute Gasteiger partial charge is 0.379 e. The summed E-state index contributed by atoms with van der Waals surface area (Å²) in [6, 6.07) is 0.362. The molecule has 0 amide bonds. The van der Waals surface area contributed by atoms with E-state index in [1.165, 1.54) is 0 Å². The Morgan fingerprint density at radius 2 is 1.92 bits per heavy atom. The van der Waals surface area contributed by atoms with E-state index in [9.17, 15) is 5.11 Å². The van der Waals surface area contributed by atoms with Crippen LogP contribution in [0.25, 0.3) is 4.85 Å². The third kappa shape index (κ3) is 11.2. The highest BCUT2D eigenvalue weighted by molar-refractivity contribution is 5.24.